The zero-order valence-electron chi connectivity index (χ0n) is 13.7. The van der Waals surface area contributed by atoms with Crippen molar-refractivity contribution in [1.29, 1.82) is 0 Å². The van der Waals surface area contributed by atoms with Crippen LogP contribution in [0.1, 0.15) is 59.8 Å². The number of nitrogens with one attached hydrogen (secondary N) is 1. The lowest BCUT2D eigenvalue weighted by Crippen LogP contribution is -2.52. The van der Waals surface area contributed by atoms with Crippen LogP contribution in [0.25, 0.3) is 0 Å². The third-order valence-corrected chi connectivity index (χ3v) is 5.31. The molecule has 116 valence electrons. The number of carbonyl (C=O) groups excluding carboxylic acids is 1. The zero-order valence-corrected chi connectivity index (χ0v) is 13.7. The topological polar surface area (TPSA) is 32.3 Å². The first-order chi connectivity index (χ1) is 9.47. The van der Waals surface area contributed by atoms with Crippen LogP contribution in [0.3, 0.4) is 0 Å². The number of rotatable bonds is 5. The minimum Gasteiger partial charge on any atom is -0.339 e. The van der Waals surface area contributed by atoms with Gasteiger partial charge < -0.3 is 10.2 Å². The van der Waals surface area contributed by atoms with Gasteiger partial charge >= 0.3 is 0 Å². The van der Waals surface area contributed by atoms with Crippen molar-refractivity contribution in [2.24, 2.45) is 17.3 Å². The van der Waals surface area contributed by atoms with E-state index in [2.05, 4.69) is 37.9 Å². The number of nitrogens with zero attached hydrogens (tertiary/aromatic N) is 1. The van der Waals surface area contributed by atoms with Crippen LogP contribution in [0, 0.1) is 17.3 Å². The highest BCUT2D eigenvalue weighted by Gasteiger charge is 2.47. The summed E-state index contributed by atoms with van der Waals surface area (Å²) < 4.78 is 0. The van der Waals surface area contributed by atoms with E-state index in [9.17, 15) is 4.79 Å². The van der Waals surface area contributed by atoms with Crippen LogP contribution in [-0.2, 0) is 4.79 Å². The van der Waals surface area contributed by atoms with E-state index < -0.39 is 0 Å². The zero-order chi connectivity index (χ0) is 14.8. The SMILES string of the molecule is CC(C)CN(C(=O)C1(C(C)C)CCNC1)C1CCCC1. The molecule has 0 spiro atoms. The second-order valence-electron chi connectivity index (χ2n) is 7.53. The van der Waals surface area contributed by atoms with Gasteiger partial charge in [0.1, 0.15) is 0 Å². The third kappa shape index (κ3) is 3.03. The van der Waals surface area contributed by atoms with Crippen LogP contribution >= 0.6 is 0 Å². The first kappa shape index (κ1) is 15.8. The Hall–Kier alpha value is -0.570. The van der Waals surface area contributed by atoms with Crippen molar-refractivity contribution >= 4 is 5.91 Å². The highest BCUT2D eigenvalue weighted by Crippen LogP contribution is 2.38. The molecule has 0 aromatic carbocycles. The molecule has 1 unspecified atom stereocenters. The molecule has 1 aliphatic carbocycles. The minimum atomic E-state index is -0.155. The standard InChI is InChI=1S/C17H32N2O/c1-13(2)11-19(15-7-5-6-8-15)16(20)17(14(3)4)9-10-18-12-17/h13-15,18H,5-12H2,1-4H3. The highest BCUT2D eigenvalue weighted by molar-refractivity contribution is 5.84. The van der Waals surface area contributed by atoms with Gasteiger partial charge in [0.05, 0.1) is 5.41 Å². The average Bonchev–Trinajstić information content (AvgIpc) is 3.06. The van der Waals surface area contributed by atoms with E-state index in [1.54, 1.807) is 0 Å². The summed E-state index contributed by atoms with van der Waals surface area (Å²) in [5.74, 6) is 1.40. The van der Waals surface area contributed by atoms with Gasteiger partial charge in [0.2, 0.25) is 5.91 Å². The molecule has 2 rings (SSSR count). The van der Waals surface area contributed by atoms with Crippen molar-refractivity contribution in [3.8, 4) is 0 Å². The Balaban J connectivity index is 2.19. The summed E-state index contributed by atoms with van der Waals surface area (Å²) in [4.78, 5) is 15.6. The van der Waals surface area contributed by atoms with Gasteiger partial charge in [-0.3, -0.25) is 4.79 Å². The molecule has 1 amide bonds. The van der Waals surface area contributed by atoms with Crippen molar-refractivity contribution < 1.29 is 4.79 Å². The fourth-order valence-corrected chi connectivity index (χ4v) is 3.93. The van der Waals surface area contributed by atoms with E-state index in [0.29, 0.717) is 23.8 Å². The Morgan fingerprint density at radius 3 is 2.35 bits per heavy atom. The van der Waals surface area contributed by atoms with Gasteiger partial charge in [0, 0.05) is 19.1 Å². The molecule has 0 radical (unpaired) electrons. The maximum absolute atomic E-state index is 13.3. The lowest BCUT2D eigenvalue weighted by atomic mass is 9.74. The van der Waals surface area contributed by atoms with Crippen molar-refractivity contribution in [3.63, 3.8) is 0 Å². The van der Waals surface area contributed by atoms with Gasteiger partial charge in [-0.2, -0.15) is 0 Å². The molecule has 1 atom stereocenters. The second kappa shape index (κ2) is 6.46. The Kier molecular flexibility index (Phi) is 5.11. The number of hydrogen-bond acceptors (Lipinski definition) is 2. The van der Waals surface area contributed by atoms with Gasteiger partial charge in [0.25, 0.3) is 0 Å². The van der Waals surface area contributed by atoms with Crippen LogP contribution in [0.15, 0.2) is 0 Å². The van der Waals surface area contributed by atoms with Gasteiger partial charge in [-0.05, 0) is 37.6 Å². The number of amides is 1. The molecule has 20 heavy (non-hydrogen) atoms. The maximum atomic E-state index is 13.3. The maximum Gasteiger partial charge on any atom is 0.230 e. The molecule has 1 saturated heterocycles. The van der Waals surface area contributed by atoms with Crippen LogP contribution in [0.2, 0.25) is 0 Å². The smallest absolute Gasteiger partial charge is 0.230 e. The molecule has 3 heteroatoms. The van der Waals surface area contributed by atoms with Crippen LogP contribution in [0.5, 0.6) is 0 Å². The van der Waals surface area contributed by atoms with Crippen molar-refractivity contribution in [2.45, 2.75) is 65.8 Å². The van der Waals surface area contributed by atoms with Crippen LogP contribution in [-0.4, -0.2) is 36.5 Å². The quantitative estimate of drug-likeness (QED) is 0.839. The van der Waals surface area contributed by atoms with Crippen molar-refractivity contribution in [3.05, 3.63) is 0 Å². The predicted molar refractivity (Wildman–Crippen MR) is 83.6 cm³/mol. The summed E-state index contributed by atoms with van der Waals surface area (Å²) in [7, 11) is 0. The lowest BCUT2D eigenvalue weighted by molar-refractivity contribution is -0.146. The highest BCUT2D eigenvalue weighted by atomic mass is 16.2. The van der Waals surface area contributed by atoms with Gasteiger partial charge in [0.15, 0.2) is 0 Å². The summed E-state index contributed by atoms with van der Waals surface area (Å²) in [5, 5.41) is 3.43. The summed E-state index contributed by atoms with van der Waals surface area (Å²) in [6.45, 7) is 11.7. The van der Waals surface area contributed by atoms with Crippen molar-refractivity contribution in [2.75, 3.05) is 19.6 Å². The molecular formula is C17H32N2O. The molecule has 0 aromatic heterocycles. The molecule has 0 aromatic rings. The fourth-order valence-electron chi connectivity index (χ4n) is 3.93. The van der Waals surface area contributed by atoms with E-state index in [4.69, 9.17) is 0 Å². The Labute approximate surface area is 124 Å². The average molecular weight is 280 g/mol. The third-order valence-electron chi connectivity index (χ3n) is 5.31. The molecule has 3 nitrogen and oxygen atoms in total. The Morgan fingerprint density at radius 2 is 1.90 bits per heavy atom. The molecule has 1 N–H and O–H groups in total. The molecule has 1 saturated carbocycles. The van der Waals surface area contributed by atoms with E-state index in [-0.39, 0.29) is 5.41 Å². The number of carbonyl (C=O) groups is 1. The Bertz CT molecular complexity index is 326. The summed E-state index contributed by atoms with van der Waals surface area (Å²) in [6.07, 6.45) is 6.00. The largest absolute Gasteiger partial charge is 0.339 e. The molecule has 1 aliphatic heterocycles. The number of hydrogen-bond donors (Lipinski definition) is 1. The van der Waals surface area contributed by atoms with Gasteiger partial charge in [-0.25, -0.2) is 0 Å². The monoisotopic (exact) mass is 280 g/mol. The van der Waals surface area contributed by atoms with E-state index in [1.165, 1.54) is 25.7 Å². The first-order valence-electron chi connectivity index (χ1n) is 8.49. The molecule has 0 bridgehead atoms. The minimum absolute atomic E-state index is 0.155. The van der Waals surface area contributed by atoms with Crippen LogP contribution in [0.4, 0.5) is 0 Å². The van der Waals surface area contributed by atoms with Gasteiger partial charge in [-0.15, -0.1) is 0 Å². The molecule has 2 aliphatic rings. The van der Waals surface area contributed by atoms with Gasteiger partial charge in [-0.1, -0.05) is 40.5 Å². The summed E-state index contributed by atoms with van der Waals surface area (Å²) in [6, 6.07) is 0.501. The molecule has 2 fully saturated rings. The predicted octanol–water partition coefficient (Wildman–Crippen LogP) is 3.05. The first-order valence-corrected chi connectivity index (χ1v) is 8.49. The fraction of sp³-hybridized carbons (Fsp3) is 0.941. The van der Waals surface area contributed by atoms with Crippen molar-refractivity contribution in [1.82, 2.24) is 10.2 Å². The lowest BCUT2D eigenvalue weighted by Gasteiger charge is -2.40. The second-order valence-corrected chi connectivity index (χ2v) is 7.53. The molecule has 1 heterocycles. The summed E-state index contributed by atoms with van der Waals surface area (Å²) >= 11 is 0. The Morgan fingerprint density at radius 1 is 1.25 bits per heavy atom. The van der Waals surface area contributed by atoms with E-state index in [1.807, 2.05) is 0 Å². The van der Waals surface area contributed by atoms with Crippen LogP contribution < -0.4 is 5.32 Å². The van der Waals surface area contributed by atoms with E-state index in [0.717, 1.165) is 26.1 Å². The molecular weight excluding hydrogens is 248 g/mol. The summed E-state index contributed by atoms with van der Waals surface area (Å²) in [5.41, 5.74) is -0.155. The van der Waals surface area contributed by atoms with E-state index >= 15 is 0 Å². The normalized spacial score (nSPS) is 27.7.